The zero-order chi connectivity index (χ0) is 10.2. The van der Waals surface area contributed by atoms with Crippen LogP contribution in [0.15, 0.2) is 18.2 Å². The van der Waals surface area contributed by atoms with Crippen molar-refractivity contribution >= 4 is 12.4 Å². The van der Waals surface area contributed by atoms with Crippen molar-refractivity contribution in [1.29, 1.82) is 0 Å². The number of hydrogen-bond acceptors (Lipinski definition) is 3. The summed E-state index contributed by atoms with van der Waals surface area (Å²) in [6.07, 6.45) is 0. The van der Waals surface area contributed by atoms with Gasteiger partial charge in [0.1, 0.15) is 11.6 Å². The summed E-state index contributed by atoms with van der Waals surface area (Å²) < 4.78 is 18.0. The standard InChI is InChI=1S/C10H13FN2O.ClH/c1-14-9-4-7(11)2-3-8(9)10(12)5-13-6-10;/h2-4,13H,5-6,12H2,1H3;1H. The predicted molar refractivity (Wildman–Crippen MR) is 58.9 cm³/mol. The summed E-state index contributed by atoms with van der Waals surface area (Å²) in [5.41, 5.74) is 6.54. The van der Waals surface area contributed by atoms with Crippen LogP contribution >= 0.6 is 12.4 Å². The highest BCUT2D eigenvalue weighted by Crippen LogP contribution is 2.31. The lowest BCUT2D eigenvalue weighted by Gasteiger charge is -2.40. The van der Waals surface area contributed by atoms with Crippen LogP contribution in [0.25, 0.3) is 0 Å². The Labute approximate surface area is 94.2 Å². The molecule has 1 heterocycles. The summed E-state index contributed by atoms with van der Waals surface area (Å²) in [6.45, 7) is 1.41. The largest absolute Gasteiger partial charge is 0.496 e. The molecule has 0 bridgehead atoms. The van der Waals surface area contributed by atoms with Crippen LogP contribution in [-0.4, -0.2) is 20.2 Å². The third kappa shape index (κ3) is 2.07. The van der Waals surface area contributed by atoms with Gasteiger partial charge in [-0.25, -0.2) is 4.39 Å². The highest BCUT2D eigenvalue weighted by molar-refractivity contribution is 5.85. The van der Waals surface area contributed by atoms with Crippen LogP contribution in [0.1, 0.15) is 5.56 Å². The van der Waals surface area contributed by atoms with Crippen molar-refractivity contribution in [3.05, 3.63) is 29.6 Å². The Balaban J connectivity index is 0.00000112. The Kier molecular flexibility index (Phi) is 3.54. The maximum Gasteiger partial charge on any atom is 0.126 e. The number of ether oxygens (including phenoxy) is 1. The molecule has 2 rings (SSSR count). The minimum absolute atomic E-state index is 0. The molecule has 0 aliphatic carbocycles. The molecule has 1 aromatic rings. The molecule has 1 saturated heterocycles. The Morgan fingerprint density at radius 3 is 2.60 bits per heavy atom. The van der Waals surface area contributed by atoms with Gasteiger partial charge in [-0.15, -0.1) is 12.4 Å². The average molecular weight is 233 g/mol. The fourth-order valence-corrected chi connectivity index (χ4v) is 1.66. The molecule has 0 spiro atoms. The molecule has 84 valence electrons. The first kappa shape index (κ1) is 12.2. The number of nitrogens with two attached hydrogens (primary N) is 1. The van der Waals surface area contributed by atoms with Gasteiger partial charge in [0, 0.05) is 24.7 Å². The normalized spacial score (nSPS) is 17.5. The van der Waals surface area contributed by atoms with Gasteiger partial charge in [-0.3, -0.25) is 0 Å². The Morgan fingerprint density at radius 2 is 2.13 bits per heavy atom. The van der Waals surface area contributed by atoms with Gasteiger partial charge >= 0.3 is 0 Å². The van der Waals surface area contributed by atoms with Crippen LogP contribution in [0, 0.1) is 5.82 Å². The van der Waals surface area contributed by atoms with Crippen molar-refractivity contribution in [2.45, 2.75) is 5.54 Å². The lowest BCUT2D eigenvalue weighted by Crippen LogP contribution is -2.62. The first-order chi connectivity index (χ1) is 6.65. The number of hydrogen-bond donors (Lipinski definition) is 2. The van der Waals surface area contributed by atoms with E-state index in [1.807, 2.05) is 0 Å². The van der Waals surface area contributed by atoms with Gasteiger partial charge in [0.2, 0.25) is 0 Å². The summed E-state index contributed by atoms with van der Waals surface area (Å²) >= 11 is 0. The molecule has 1 aromatic carbocycles. The molecule has 0 unspecified atom stereocenters. The van der Waals surface area contributed by atoms with Crippen molar-refractivity contribution < 1.29 is 9.13 Å². The van der Waals surface area contributed by atoms with Gasteiger partial charge in [0.25, 0.3) is 0 Å². The van der Waals surface area contributed by atoms with E-state index in [1.165, 1.54) is 19.2 Å². The van der Waals surface area contributed by atoms with Gasteiger partial charge in [-0.2, -0.15) is 0 Å². The molecule has 3 N–H and O–H groups in total. The van der Waals surface area contributed by atoms with Crippen LogP contribution in [0.3, 0.4) is 0 Å². The molecule has 1 aliphatic rings. The SMILES string of the molecule is COc1cc(F)ccc1C1(N)CNC1.Cl. The van der Waals surface area contributed by atoms with Crippen molar-refractivity contribution in [2.75, 3.05) is 20.2 Å². The number of halogens is 2. The van der Waals surface area contributed by atoms with Crippen LogP contribution in [-0.2, 0) is 5.54 Å². The van der Waals surface area contributed by atoms with E-state index in [-0.39, 0.29) is 18.2 Å². The summed E-state index contributed by atoms with van der Waals surface area (Å²) in [4.78, 5) is 0. The van der Waals surface area contributed by atoms with Crippen LogP contribution in [0.5, 0.6) is 5.75 Å². The Hall–Kier alpha value is -0.840. The second kappa shape index (κ2) is 4.35. The van der Waals surface area contributed by atoms with E-state index in [0.717, 1.165) is 5.56 Å². The predicted octanol–water partition coefficient (Wildman–Crippen LogP) is 1.01. The first-order valence-corrected chi connectivity index (χ1v) is 4.49. The monoisotopic (exact) mass is 232 g/mol. The summed E-state index contributed by atoms with van der Waals surface area (Å²) in [5.74, 6) is 0.218. The molecule has 5 heteroatoms. The van der Waals surface area contributed by atoms with Crippen molar-refractivity contribution in [3.8, 4) is 5.75 Å². The first-order valence-electron chi connectivity index (χ1n) is 4.49. The van der Waals surface area contributed by atoms with Crippen LogP contribution in [0.4, 0.5) is 4.39 Å². The molecule has 1 fully saturated rings. The molecule has 3 nitrogen and oxygen atoms in total. The summed E-state index contributed by atoms with van der Waals surface area (Å²) in [7, 11) is 1.52. The Bertz CT molecular complexity index is 355. The molecular formula is C10H14ClFN2O. The van der Waals surface area contributed by atoms with Gasteiger partial charge < -0.3 is 15.8 Å². The molecule has 15 heavy (non-hydrogen) atoms. The van der Waals surface area contributed by atoms with Crippen molar-refractivity contribution in [3.63, 3.8) is 0 Å². The molecule has 1 aliphatic heterocycles. The highest BCUT2D eigenvalue weighted by atomic mass is 35.5. The zero-order valence-corrected chi connectivity index (χ0v) is 9.23. The van der Waals surface area contributed by atoms with Crippen molar-refractivity contribution in [1.82, 2.24) is 5.32 Å². The summed E-state index contributed by atoms with van der Waals surface area (Å²) in [5, 5.41) is 3.09. The minimum Gasteiger partial charge on any atom is -0.496 e. The van der Waals surface area contributed by atoms with E-state index < -0.39 is 5.54 Å². The lowest BCUT2D eigenvalue weighted by atomic mass is 9.85. The lowest BCUT2D eigenvalue weighted by molar-refractivity contribution is 0.274. The maximum atomic E-state index is 12.9. The number of rotatable bonds is 2. The van der Waals surface area contributed by atoms with Gasteiger partial charge in [0.15, 0.2) is 0 Å². The van der Waals surface area contributed by atoms with Gasteiger partial charge in [0.05, 0.1) is 12.6 Å². The molecular weight excluding hydrogens is 219 g/mol. The van der Waals surface area contributed by atoms with Crippen LogP contribution < -0.4 is 15.8 Å². The second-order valence-electron chi connectivity index (χ2n) is 3.60. The molecule has 0 saturated carbocycles. The minimum atomic E-state index is -0.404. The molecule has 0 radical (unpaired) electrons. The average Bonchev–Trinajstić information content (AvgIpc) is 2.14. The topological polar surface area (TPSA) is 47.3 Å². The number of methoxy groups -OCH3 is 1. The smallest absolute Gasteiger partial charge is 0.126 e. The van der Waals surface area contributed by atoms with E-state index >= 15 is 0 Å². The van der Waals surface area contributed by atoms with Crippen molar-refractivity contribution in [2.24, 2.45) is 5.73 Å². The molecule has 0 atom stereocenters. The quantitative estimate of drug-likeness (QED) is 0.800. The van der Waals surface area contributed by atoms with E-state index in [1.54, 1.807) is 6.07 Å². The van der Waals surface area contributed by atoms with Gasteiger partial charge in [-0.05, 0) is 6.07 Å². The van der Waals surface area contributed by atoms with Gasteiger partial charge in [-0.1, -0.05) is 6.07 Å². The number of nitrogens with one attached hydrogen (secondary N) is 1. The second-order valence-corrected chi connectivity index (χ2v) is 3.60. The van der Waals surface area contributed by atoms with E-state index in [9.17, 15) is 4.39 Å². The summed E-state index contributed by atoms with van der Waals surface area (Å²) in [6, 6.07) is 4.46. The zero-order valence-electron chi connectivity index (χ0n) is 8.42. The third-order valence-corrected chi connectivity index (χ3v) is 2.58. The highest BCUT2D eigenvalue weighted by Gasteiger charge is 2.36. The molecule has 0 amide bonds. The Morgan fingerprint density at radius 1 is 1.47 bits per heavy atom. The fourth-order valence-electron chi connectivity index (χ4n) is 1.66. The van der Waals surface area contributed by atoms with E-state index in [4.69, 9.17) is 10.5 Å². The fraction of sp³-hybridized carbons (Fsp3) is 0.400. The van der Waals surface area contributed by atoms with E-state index in [2.05, 4.69) is 5.32 Å². The van der Waals surface area contributed by atoms with E-state index in [0.29, 0.717) is 18.8 Å². The maximum absolute atomic E-state index is 12.9. The molecule has 0 aromatic heterocycles. The third-order valence-electron chi connectivity index (χ3n) is 2.58. The van der Waals surface area contributed by atoms with Crippen LogP contribution in [0.2, 0.25) is 0 Å². The number of benzene rings is 1.